The molecule has 0 aromatic heterocycles. The molecule has 1 heterocycles. The van der Waals surface area contributed by atoms with Crippen LogP contribution in [0, 0.1) is 5.82 Å². The van der Waals surface area contributed by atoms with Gasteiger partial charge >= 0.3 is 0 Å². The van der Waals surface area contributed by atoms with Crippen LogP contribution in [0.3, 0.4) is 0 Å². The highest BCUT2D eigenvalue weighted by Crippen LogP contribution is 2.20. The second kappa shape index (κ2) is 6.87. The molecule has 3 nitrogen and oxygen atoms in total. The van der Waals surface area contributed by atoms with Crippen LogP contribution in [-0.2, 0) is 17.8 Å². The first-order chi connectivity index (χ1) is 8.61. The highest BCUT2D eigenvalue weighted by Gasteiger charge is 2.24. The number of carbonyl (C=O) groups excluding carboxylic acids is 1. The van der Waals surface area contributed by atoms with Gasteiger partial charge in [-0.25, -0.2) is 4.39 Å². The van der Waals surface area contributed by atoms with E-state index < -0.39 is 6.04 Å². The first-order valence-corrected chi connectivity index (χ1v) is 6.43. The maximum Gasteiger partial charge on any atom is 0.239 e. The standard InChI is InChI=1S/C14H19FN2O.ClH/c1-2-3-13(16)14(18)17-7-6-10-4-5-12(15)8-11(10)9-17;/h4-5,8,13H,2-3,6-7,9,16H2,1H3;1H. The zero-order valence-corrected chi connectivity index (χ0v) is 11.9. The fraction of sp³-hybridized carbons (Fsp3) is 0.500. The van der Waals surface area contributed by atoms with E-state index in [2.05, 4.69) is 0 Å². The molecular formula is C14H20ClFN2O. The smallest absolute Gasteiger partial charge is 0.239 e. The van der Waals surface area contributed by atoms with Gasteiger partial charge in [0, 0.05) is 13.1 Å². The summed E-state index contributed by atoms with van der Waals surface area (Å²) in [5, 5.41) is 0. The molecule has 0 aliphatic carbocycles. The Morgan fingerprint density at radius 3 is 2.89 bits per heavy atom. The minimum Gasteiger partial charge on any atom is -0.337 e. The quantitative estimate of drug-likeness (QED) is 0.926. The van der Waals surface area contributed by atoms with Crippen molar-refractivity contribution in [3.05, 3.63) is 35.1 Å². The van der Waals surface area contributed by atoms with Gasteiger partial charge in [0.1, 0.15) is 5.82 Å². The molecule has 1 aliphatic heterocycles. The summed E-state index contributed by atoms with van der Waals surface area (Å²) in [5.41, 5.74) is 7.87. The van der Waals surface area contributed by atoms with Crippen molar-refractivity contribution in [1.82, 2.24) is 4.90 Å². The number of amides is 1. The first-order valence-electron chi connectivity index (χ1n) is 6.43. The summed E-state index contributed by atoms with van der Waals surface area (Å²) in [6.45, 7) is 3.16. The lowest BCUT2D eigenvalue weighted by Gasteiger charge is -2.30. The fourth-order valence-corrected chi connectivity index (χ4v) is 2.38. The predicted octanol–water partition coefficient (Wildman–Crippen LogP) is 2.26. The second-order valence-corrected chi connectivity index (χ2v) is 4.82. The third kappa shape index (κ3) is 3.67. The minimum atomic E-state index is -0.426. The summed E-state index contributed by atoms with van der Waals surface area (Å²) in [4.78, 5) is 13.8. The molecule has 2 rings (SSSR count). The summed E-state index contributed by atoms with van der Waals surface area (Å²) in [5.74, 6) is -0.271. The van der Waals surface area contributed by atoms with Crippen molar-refractivity contribution in [3.8, 4) is 0 Å². The van der Waals surface area contributed by atoms with Crippen LogP contribution in [-0.4, -0.2) is 23.4 Å². The number of fused-ring (bicyclic) bond motifs is 1. The van der Waals surface area contributed by atoms with Crippen LogP contribution in [0.5, 0.6) is 0 Å². The Morgan fingerprint density at radius 1 is 1.47 bits per heavy atom. The zero-order chi connectivity index (χ0) is 13.1. The average Bonchev–Trinajstić information content (AvgIpc) is 2.37. The molecule has 1 aromatic carbocycles. The minimum absolute atomic E-state index is 0. The van der Waals surface area contributed by atoms with Gasteiger partial charge in [-0.2, -0.15) is 0 Å². The Kier molecular flexibility index (Phi) is 5.76. The van der Waals surface area contributed by atoms with Gasteiger partial charge in [0.25, 0.3) is 0 Å². The van der Waals surface area contributed by atoms with Gasteiger partial charge in [0.15, 0.2) is 0 Å². The van der Waals surface area contributed by atoms with E-state index in [1.807, 2.05) is 6.92 Å². The van der Waals surface area contributed by atoms with Crippen molar-refractivity contribution >= 4 is 18.3 Å². The summed E-state index contributed by atoms with van der Waals surface area (Å²) in [6, 6.07) is 4.36. The molecule has 0 fully saturated rings. The molecule has 1 amide bonds. The maximum atomic E-state index is 13.2. The van der Waals surface area contributed by atoms with Crippen LogP contribution in [0.25, 0.3) is 0 Å². The van der Waals surface area contributed by atoms with Crippen LogP contribution in [0.15, 0.2) is 18.2 Å². The molecule has 5 heteroatoms. The molecule has 19 heavy (non-hydrogen) atoms. The molecule has 0 saturated carbocycles. The van der Waals surface area contributed by atoms with E-state index in [1.54, 1.807) is 11.0 Å². The number of benzene rings is 1. The third-order valence-electron chi connectivity index (χ3n) is 3.41. The van der Waals surface area contributed by atoms with Gasteiger partial charge in [-0.05, 0) is 36.1 Å². The van der Waals surface area contributed by atoms with Gasteiger partial charge in [-0.15, -0.1) is 12.4 Å². The zero-order valence-electron chi connectivity index (χ0n) is 11.1. The van der Waals surface area contributed by atoms with E-state index >= 15 is 0 Å². The van der Waals surface area contributed by atoms with E-state index in [9.17, 15) is 9.18 Å². The average molecular weight is 287 g/mol. The Hall–Kier alpha value is -1.13. The maximum absolute atomic E-state index is 13.2. The normalized spacial score (nSPS) is 15.4. The van der Waals surface area contributed by atoms with Crippen molar-refractivity contribution < 1.29 is 9.18 Å². The summed E-state index contributed by atoms with van der Waals surface area (Å²) < 4.78 is 13.2. The molecular weight excluding hydrogens is 267 g/mol. The van der Waals surface area contributed by atoms with Crippen molar-refractivity contribution in [2.45, 2.75) is 38.8 Å². The van der Waals surface area contributed by atoms with Crippen molar-refractivity contribution in [1.29, 1.82) is 0 Å². The molecule has 0 radical (unpaired) electrons. The largest absolute Gasteiger partial charge is 0.337 e. The Labute approximate surface area is 119 Å². The lowest BCUT2D eigenvalue weighted by molar-refractivity contribution is -0.133. The second-order valence-electron chi connectivity index (χ2n) is 4.82. The van der Waals surface area contributed by atoms with Gasteiger partial charge < -0.3 is 10.6 Å². The molecule has 1 atom stereocenters. The Morgan fingerprint density at radius 2 is 2.21 bits per heavy atom. The van der Waals surface area contributed by atoms with E-state index in [0.717, 1.165) is 24.0 Å². The third-order valence-corrected chi connectivity index (χ3v) is 3.41. The Bertz CT molecular complexity index is 453. The number of carbonyl (C=O) groups is 1. The SMILES string of the molecule is CCCC(N)C(=O)N1CCc2ccc(F)cc2C1.Cl. The number of rotatable bonds is 3. The van der Waals surface area contributed by atoms with Gasteiger partial charge in [0.05, 0.1) is 6.04 Å². The molecule has 0 spiro atoms. The first kappa shape index (κ1) is 15.9. The topological polar surface area (TPSA) is 46.3 Å². The number of hydrogen-bond acceptors (Lipinski definition) is 2. The lowest BCUT2D eigenvalue weighted by atomic mass is 9.99. The molecule has 1 aromatic rings. The van der Waals surface area contributed by atoms with Crippen LogP contribution < -0.4 is 5.73 Å². The summed E-state index contributed by atoms with van der Waals surface area (Å²) in [7, 11) is 0. The number of halogens is 2. The molecule has 0 saturated heterocycles. The molecule has 1 unspecified atom stereocenters. The van der Waals surface area contributed by atoms with Crippen LogP contribution >= 0.6 is 12.4 Å². The lowest BCUT2D eigenvalue weighted by Crippen LogP contribution is -2.45. The van der Waals surface area contributed by atoms with E-state index in [1.165, 1.54) is 12.1 Å². The molecule has 1 aliphatic rings. The van der Waals surface area contributed by atoms with Gasteiger partial charge in [0.2, 0.25) is 5.91 Å². The van der Waals surface area contributed by atoms with Crippen LogP contribution in [0.2, 0.25) is 0 Å². The van der Waals surface area contributed by atoms with E-state index in [-0.39, 0.29) is 24.1 Å². The summed E-state index contributed by atoms with van der Waals surface area (Å²) >= 11 is 0. The van der Waals surface area contributed by atoms with E-state index in [0.29, 0.717) is 19.5 Å². The fourth-order valence-electron chi connectivity index (χ4n) is 2.38. The highest BCUT2D eigenvalue weighted by molar-refractivity contribution is 5.85. The van der Waals surface area contributed by atoms with Crippen LogP contribution in [0.1, 0.15) is 30.9 Å². The molecule has 0 bridgehead atoms. The summed E-state index contributed by atoms with van der Waals surface area (Å²) in [6.07, 6.45) is 2.37. The number of nitrogens with zero attached hydrogens (tertiary/aromatic N) is 1. The van der Waals surface area contributed by atoms with Crippen molar-refractivity contribution in [3.63, 3.8) is 0 Å². The molecule has 2 N–H and O–H groups in total. The van der Waals surface area contributed by atoms with Gasteiger partial charge in [-0.1, -0.05) is 19.4 Å². The van der Waals surface area contributed by atoms with Crippen molar-refractivity contribution in [2.24, 2.45) is 5.73 Å². The number of hydrogen-bond donors (Lipinski definition) is 1. The van der Waals surface area contributed by atoms with E-state index in [4.69, 9.17) is 5.73 Å². The van der Waals surface area contributed by atoms with Gasteiger partial charge in [-0.3, -0.25) is 4.79 Å². The van der Waals surface area contributed by atoms with Crippen LogP contribution in [0.4, 0.5) is 4.39 Å². The number of nitrogens with two attached hydrogens (primary N) is 1. The molecule has 106 valence electrons. The van der Waals surface area contributed by atoms with Crippen molar-refractivity contribution in [2.75, 3.05) is 6.54 Å². The Balaban J connectivity index is 0.00000180. The predicted molar refractivity (Wildman–Crippen MR) is 75.7 cm³/mol. The monoisotopic (exact) mass is 286 g/mol. The highest BCUT2D eigenvalue weighted by atomic mass is 35.5.